The smallest absolute Gasteiger partial charge is 0.242 e. The summed E-state index contributed by atoms with van der Waals surface area (Å²) in [6.07, 6.45) is 5.97. The van der Waals surface area contributed by atoms with E-state index in [0.717, 1.165) is 12.8 Å². The Bertz CT molecular complexity index is 195. The van der Waals surface area contributed by atoms with Crippen molar-refractivity contribution in [2.24, 2.45) is 5.73 Å². The first-order valence-corrected chi connectivity index (χ1v) is 4.72. The SMILES string of the molecule is CN1C(=O)C(N)C12CCCCC2. The predicted octanol–water partition coefficient (Wildman–Crippen LogP) is 0.489. The van der Waals surface area contributed by atoms with Crippen LogP contribution in [0.5, 0.6) is 0 Å². The topological polar surface area (TPSA) is 46.3 Å². The summed E-state index contributed by atoms with van der Waals surface area (Å²) in [7, 11) is 1.89. The zero-order valence-electron chi connectivity index (χ0n) is 7.55. The van der Waals surface area contributed by atoms with E-state index in [0.29, 0.717) is 0 Å². The van der Waals surface area contributed by atoms with Crippen LogP contribution in [0, 0.1) is 0 Å². The molecule has 1 saturated carbocycles. The van der Waals surface area contributed by atoms with Gasteiger partial charge >= 0.3 is 0 Å². The fraction of sp³-hybridized carbons (Fsp3) is 0.889. The molecule has 68 valence electrons. The van der Waals surface area contributed by atoms with Crippen molar-refractivity contribution < 1.29 is 4.79 Å². The average Bonchev–Trinajstić information content (AvgIpc) is 2.16. The number of likely N-dealkylation sites (N-methyl/N-ethyl adjacent to an activating group) is 1. The highest BCUT2D eigenvalue weighted by Gasteiger charge is 2.55. The molecular formula is C9H16N2O. The third-order valence-corrected chi connectivity index (χ3v) is 3.56. The van der Waals surface area contributed by atoms with Crippen LogP contribution in [-0.2, 0) is 4.79 Å². The van der Waals surface area contributed by atoms with Gasteiger partial charge in [0.15, 0.2) is 0 Å². The van der Waals surface area contributed by atoms with Gasteiger partial charge in [-0.3, -0.25) is 4.79 Å². The van der Waals surface area contributed by atoms with Gasteiger partial charge < -0.3 is 10.6 Å². The highest BCUT2D eigenvalue weighted by Crippen LogP contribution is 2.41. The molecule has 1 aliphatic carbocycles. The van der Waals surface area contributed by atoms with Gasteiger partial charge in [-0.25, -0.2) is 0 Å². The summed E-state index contributed by atoms with van der Waals surface area (Å²) in [6, 6.07) is -0.206. The van der Waals surface area contributed by atoms with Gasteiger partial charge in [-0.15, -0.1) is 0 Å². The molecule has 2 rings (SSSR count). The highest BCUT2D eigenvalue weighted by molar-refractivity contribution is 5.90. The third kappa shape index (κ3) is 0.774. The van der Waals surface area contributed by atoms with Gasteiger partial charge in [0.25, 0.3) is 0 Å². The van der Waals surface area contributed by atoms with Crippen LogP contribution in [0.4, 0.5) is 0 Å². The molecule has 1 amide bonds. The summed E-state index contributed by atoms with van der Waals surface area (Å²) < 4.78 is 0. The number of carbonyl (C=O) groups excluding carboxylic acids is 1. The summed E-state index contributed by atoms with van der Waals surface area (Å²) >= 11 is 0. The lowest BCUT2D eigenvalue weighted by Crippen LogP contribution is -2.76. The van der Waals surface area contributed by atoms with Crippen molar-refractivity contribution in [3.63, 3.8) is 0 Å². The van der Waals surface area contributed by atoms with Crippen LogP contribution in [0.25, 0.3) is 0 Å². The molecular weight excluding hydrogens is 152 g/mol. The number of amides is 1. The van der Waals surface area contributed by atoms with Crippen LogP contribution in [0.3, 0.4) is 0 Å². The average molecular weight is 168 g/mol. The Morgan fingerprint density at radius 3 is 2.50 bits per heavy atom. The van der Waals surface area contributed by atoms with E-state index in [-0.39, 0.29) is 17.5 Å². The number of β-lactam (4-membered cyclic amide) rings is 1. The molecule has 12 heavy (non-hydrogen) atoms. The maximum atomic E-state index is 11.2. The quantitative estimate of drug-likeness (QED) is 0.535. The van der Waals surface area contributed by atoms with Crippen LogP contribution in [0.2, 0.25) is 0 Å². The van der Waals surface area contributed by atoms with Crippen LogP contribution >= 0.6 is 0 Å². The fourth-order valence-corrected chi connectivity index (χ4v) is 2.61. The van der Waals surface area contributed by atoms with Gasteiger partial charge in [0.2, 0.25) is 5.91 Å². The molecule has 1 aliphatic heterocycles. The number of nitrogens with zero attached hydrogens (tertiary/aromatic N) is 1. The number of hydrogen-bond donors (Lipinski definition) is 1. The second-order valence-electron chi connectivity index (χ2n) is 4.04. The van der Waals surface area contributed by atoms with Gasteiger partial charge in [-0.1, -0.05) is 19.3 Å². The Morgan fingerprint density at radius 2 is 2.00 bits per heavy atom. The first-order valence-electron chi connectivity index (χ1n) is 4.72. The lowest BCUT2D eigenvalue weighted by atomic mass is 9.69. The Morgan fingerprint density at radius 1 is 1.42 bits per heavy atom. The molecule has 0 aromatic rings. The summed E-state index contributed by atoms with van der Waals surface area (Å²) in [4.78, 5) is 13.1. The Hall–Kier alpha value is -0.570. The predicted molar refractivity (Wildman–Crippen MR) is 46.6 cm³/mol. The molecule has 0 aromatic heterocycles. The standard InChI is InChI=1S/C9H16N2O/c1-11-8(12)7(10)9(11)5-3-2-4-6-9/h7H,2-6,10H2,1H3. The zero-order chi connectivity index (χ0) is 8.77. The van der Waals surface area contributed by atoms with Crippen molar-refractivity contribution in [3.8, 4) is 0 Å². The molecule has 1 spiro atoms. The normalized spacial score (nSPS) is 33.7. The number of likely N-dealkylation sites (tertiary alicyclic amines) is 1. The Labute approximate surface area is 72.9 Å². The van der Waals surface area contributed by atoms with E-state index in [1.165, 1.54) is 19.3 Å². The van der Waals surface area contributed by atoms with Crippen molar-refractivity contribution in [1.82, 2.24) is 4.90 Å². The largest absolute Gasteiger partial charge is 0.337 e. The van der Waals surface area contributed by atoms with Crippen LogP contribution in [0.1, 0.15) is 32.1 Å². The van der Waals surface area contributed by atoms with E-state index >= 15 is 0 Å². The summed E-state index contributed by atoms with van der Waals surface area (Å²) in [6.45, 7) is 0. The molecule has 1 saturated heterocycles. The molecule has 0 bridgehead atoms. The summed E-state index contributed by atoms with van der Waals surface area (Å²) in [5.41, 5.74) is 5.88. The molecule has 2 aliphatic rings. The molecule has 1 unspecified atom stereocenters. The van der Waals surface area contributed by atoms with Gasteiger partial charge in [-0.05, 0) is 12.8 Å². The van der Waals surface area contributed by atoms with E-state index < -0.39 is 0 Å². The summed E-state index contributed by atoms with van der Waals surface area (Å²) in [5, 5.41) is 0. The molecule has 2 fully saturated rings. The first kappa shape index (κ1) is 8.05. The van der Waals surface area contributed by atoms with E-state index in [2.05, 4.69) is 0 Å². The maximum Gasteiger partial charge on any atom is 0.242 e. The van der Waals surface area contributed by atoms with Gasteiger partial charge in [0, 0.05) is 7.05 Å². The van der Waals surface area contributed by atoms with Crippen molar-refractivity contribution in [3.05, 3.63) is 0 Å². The molecule has 1 atom stereocenters. The van der Waals surface area contributed by atoms with E-state index in [9.17, 15) is 4.79 Å². The monoisotopic (exact) mass is 168 g/mol. The van der Waals surface area contributed by atoms with Gasteiger partial charge in [0.1, 0.15) is 6.04 Å². The van der Waals surface area contributed by atoms with E-state index in [1.807, 2.05) is 11.9 Å². The number of rotatable bonds is 0. The van der Waals surface area contributed by atoms with Gasteiger partial charge in [-0.2, -0.15) is 0 Å². The highest BCUT2D eigenvalue weighted by atomic mass is 16.2. The number of carbonyl (C=O) groups is 1. The van der Waals surface area contributed by atoms with Crippen molar-refractivity contribution in [2.45, 2.75) is 43.7 Å². The minimum atomic E-state index is -0.206. The van der Waals surface area contributed by atoms with E-state index in [1.54, 1.807) is 0 Å². The van der Waals surface area contributed by atoms with Crippen molar-refractivity contribution in [2.75, 3.05) is 7.05 Å². The molecule has 2 N–H and O–H groups in total. The van der Waals surface area contributed by atoms with Crippen LogP contribution < -0.4 is 5.73 Å². The molecule has 3 nitrogen and oxygen atoms in total. The maximum absolute atomic E-state index is 11.2. The minimum Gasteiger partial charge on any atom is -0.337 e. The zero-order valence-corrected chi connectivity index (χ0v) is 7.55. The molecule has 0 aromatic carbocycles. The molecule has 0 radical (unpaired) electrons. The number of nitrogens with two attached hydrogens (primary N) is 1. The Kier molecular flexibility index (Phi) is 1.65. The Balaban J connectivity index is 2.15. The van der Waals surface area contributed by atoms with Crippen LogP contribution in [-0.4, -0.2) is 29.4 Å². The number of hydrogen-bond acceptors (Lipinski definition) is 2. The molecule has 1 heterocycles. The van der Waals surface area contributed by atoms with Crippen molar-refractivity contribution in [1.29, 1.82) is 0 Å². The second kappa shape index (κ2) is 2.46. The minimum absolute atomic E-state index is 0.0509. The third-order valence-electron chi connectivity index (χ3n) is 3.56. The van der Waals surface area contributed by atoms with Crippen LogP contribution in [0.15, 0.2) is 0 Å². The van der Waals surface area contributed by atoms with E-state index in [4.69, 9.17) is 5.73 Å². The lowest BCUT2D eigenvalue weighted by molar-refractivity contribution is -0.161. The summed E-state index contributed by atoms with van der Waals surface area (Å²) in [5.74, 6) is 0.122. The fourth-order valence-electron chi connectivity index (χ4n) is 2.61. The first-order chi connectivity index (χ1) is 5.68. The van der Waals surface area contributed by atoms with Crippen molar-refractivity contribution >= 4 is 5.91 Å². The lowest BCUT2D eigenvalue weighted by Gasteiger charge is -2.56. The molecule has 3 heteroatoms. The van der Waals surface area contributed by atoms with Gasteiger partial charge in [0.05, 0.1) is 5.54 Å². The second-order valence-corrected chi connectivity index (χ2v) is 4.04.